The van der Waals surface area contributed by atoms with Crippen molar-refractivity contribution in [2.24, 2.45) is 0 Å². The van der Waals surface area contributed by atoms with Crippen LogP contribution in [0.4, 0.5) is 0 Å². The van der Waals surface area contributed by atoms with Gasteiger partial charge in [0.2, 0.25) is 0 Å². The second kappa shape index (κ2) is 12.7. The van der Waals surface area contributed by atoms with Crippen molar-refractivity contribution in [1.29, 1.82) is 5.26 Å². The fourth-order valence-electron chi connectivity index (χ4n) is 8.45. The molecule has 0 atom stereocenters. The standard InChI is InChI=1S/C51H29N5/c52-28-31-11-13-32(14-12-31)39-19-21-45-41-7-1-2-8-42(41)46-22-20-40(49(39)50(45)46)33-15-17-34(18-16-33)51-55-47(43-9-3-5-35-29-53-25-23-37(35)43)27-48(56-51)44-10-4-6-36-30-54-26-24-38(36)44/h1-27,29-30H. The number of rotatable bonds is 5. The zero-order valence-corrected chi connectivity index (χ0v) is 30.0. The molecule has 0 spiro atoms. The smallest absolute Gasteiger partial charge is 0.160 e. The first-order valence-electron chi connectivity index (χ1n) is 18.6. The third kappa shape index (κ3) is 5.01. The Morgan fingerprint density at radius 2 is 0.857 bits per heavy atom. The van der Waals surface area contributed by atoms with Gasteiger partial charge in [-0.05, 0) is 96.4 Å². The second-order valence-corrected chi connectivity index (χ2v) is 14.2. The molecule has 3 heterocycles. The molecule has 56 heavy (non-hydrogen) atoms. The number of pyridine rings is 2. The zero-order chi connectivity index (χ0) is 37.2. The molecule has 5 nitrogen and oxygen atoms in total. The molecule has 1 aliphatic rings. The summed E-state index contributed by atoms with van der Waals surface area (Å²) in [6.07, 6.45) is 7.45. The second-order valence-electron chi connectivity index (χ2n) is 14.2. The predicted octanol–water partition coefficient (Wildman–Crippen LogP) is 12.6. The lowest BCUT2D eigenvalue weighted by Crippen LogP contribution is -1.97. The monoisotopic (exact) mass is 711 g/mol. The van der Waals surface area contributed by atoms with Gasteiger partial charge >= 0.3 is 0 Å². The topological polar surface area (TPSA) is 75.3 Å². The minimum Gasteiger partial charge on any atom is -0.264 e. The summed E-state index contributed by atoms with van der Waals surface area (Å²) in [5, 5.41) is 16.3. The highest BCUT2D eigenvalue weighted by Gasteiger charge is 2.25. The Balaban J connectivity index is 1.09. The van der Waals surface area contributed by atoms with Crippen molar-refractivity contribution < 1.29 is 0 Å². The number of aromatic nitrogens is 4. The molecule has 11 rings (SSSR count). The van der Waals surface area contributed by atoms with E-state index in [-0.39, 0.29) is 0 Å². The predicted molar refractivity (Wildman–Crippen MR) is 226 cm³/mol. The Hall–Kier alpha value is -7.81. The van der Waals surface area contributed by atoms with Crippen LogP contribution in [0.3, 0.4) is 0 Å². The highest BCUT2D eigenvalue weighted by Crippen LogP contribution is 2.52. The van der Waals surface area contributed by atoms with Crippen molar-refractivity contribution in [3.05, 3.63) is 182 Å². The lowest BCUT2D eigenvalue weighted by atomic mass is 9.88. The van der Waals surface area contributed by atoms with E-state index < -0.39 is 0 Å². The van der Waals surface area contributed by atoms with Gasteiger partial charge in [0.1, 0.15) is 0 Å². The molecule has 0 aliphatic heterocycles. The van der Waals surface area contributed by atoms with E-state index in [9.17, 15) is 5.26 Å². The van der Waals surface area contributed by atoms with Crippen LogP contribution in [0, 0.1) is 11.3 Å². The van der Waals surface area contributed by atoms with Crippen LogP contribution in [0.5, 0.6) is 0 Å². The molecule has 0 saturated carbocycles. The summed E-state index contributed by atoms with van der Waals surface area (Å²) in [5.41, 5.74) is 14.8. The van der Waals surface area contributed by atoms with Crippen molar-refractivity contribution in [3.63, 3.8) is 0 Å². The third-order valence-electron chi connectivity index (χ3n) is 11.1. The normalized spacial score (nSPS) is 11.6. The van der Waals surface area contributed by atoms with Crippen LogP contribution in [-0.4, -0.2) is 19.9 Å². The van der Waals surface area contributed by atoms with Gasteiger partial charge in [-0.15, -0.1) is 0 Å². The van der Waals surface area contributed by atoms with Gasteiger partial charge in [0.05, 0.1) is 23.0 Å². The lowest BCUT2D eigenvalue weighted by Gasteiger charge is -2.16. The largest absolute Gasteiger partial charge is 0.264 e. The molecule has 258 valence electrons. The van der Waals surface area contributed by atoms with Crippen LogP contribution in [-0.2, 0) is 0 Å². The van der Waals surface area contributed by atoms with Crippen LogP contribution in [0.1, 0.15) is 5.56 Å². The maximum atomic E-state index is 9.52. The summed E-state index contributed by atoms with van der Waals surface area (Å²) >= 11 is 0. The van der Waals surface area contributed by atoms with E-state index in [4.69, 9.17) is 9.97 Å². The first-order chi connectivity index (χ1) is 27.7. The molecule has 10 aromatic rings. The van der Waals surface area contributed by atoms with Crippen LogP contribution in [0.2, 0.25) is 0 Å². The number of nitriles is 1. The molecule has 0 amide bonds. The van der Waals surface area contributed by atoms with Crippen molar-refractivity contribution in [3.8, 4) is 84.5 Å². The first kappa shape index (κ1) is 31.7. The van der Waals surface area contributed by atoms with Gasteiger partial charge in [0.15, 0.2) is 5.82 Å². The molecule has 3 aromatic heterocycles. The van der Waals surface area contributed by atoms with Crippen molar-refractivity contribution in [2.75, 3.05) is 0 Å². The van der Waals surface area contributed by atoms with E-state index in [0.717, 1.165) is 71.9 Å². The van der Waals surface area contributed by atoms with Crippen molar-refractivity contribution >= 4 is 32.3 Å². The Labute approximate surface area is 322 Å². The average Bonchev–Trinajstić information content (AvgIpc) is 3.60. The zero-order valence-electron chi connectivity index (χ0n) is 30.0. The molecule has 0 unspecified atom stereocenters. The van der Waals surface area contributed by atoms with Crippen molar-refractivity contribution in [2.45, 2.75) is 0 Å². The van der Waals surface area contributed by atoms with Gasteiger partial charge in [-0.25, -0.2) is 9.97 Å². The van der Waals surface area contributed by atoms with Gasteiger partial charge < -0.3 is 0 Å². The molecule has 5 heteroatoms. The average molecular weight is 712 g/mol. The molecule has 0 saturated heterocycles. The maximum absolute atomic E-state index is 9.52. The molecule has 0 radical (unpaired) electrons. The summed E-state index contributed by atoms with van der Waals surface area (Å²) in [5.74, 6) is 0.648. The SMILES string of the molecule is N#Cc1ccc(-c2ccc3c4c(ccc(-c5ccc(-c6nc(-c7cccc8cnccc78)cc(-c7cccc8cnccc78)n6)cc5)c24)-c2ccccc2-3)cc1. The van der Waals surface area contributed by atoms with E-state index in [1.54, 1.807) is 0 Å². The molecular weight excluding hydrogens is 683 g/mol. The summed E-state index contributed by atoms with van der Waals surface area (Å²) in [4.78, 5) is 19.2. The van der Waals surface area contributed by atoms with Crippen LogP contribution < -0.4 is 0 Å². The Bertz CT molecular complexity index is 3110. The minimum atomic E-state index is 0.646. The summed E-state index contributed by atoms with van der Waals surface area (Å²) in [7, 11) is 0. The van der Waals surface area contributed by atoms with Crippen LogP contribution in [0.25, 0.3) is 111 Å². The van der Waals surface area contributed by atoms with Gasteiger partial charge in [-0.3, -0.25) is 9.97 Å². The van der Waals surface area contributed by atoms with E-state index in [0.29, 0.717) is 11.4 Å². The maximum Gasteiger partial charge on any atom is 0.160 e. The number of benzene rings is 7. The number of nitrogens with zero attached hydrogens (tertiary/aromatic N) is 5. The minimum absolute atomic E-state index is 0.646. The fourth-order valence-corrected chi connectivity index (χ4v) is 8.45. The lowest BCUT2D eigenvalue weighted by molar-refractivity contribution is 1.19. The summed E-state index contributed by atoms with van der Waals surface area (Å²) in [6, 6.07) is 55.2. The first-order valence-corrected chi connectivity index (χ1v) is 18.6. The summed E-state index contributed by atoms with van der Waals surface area (Å²) in [6.45, 7) is 0. The number of fused-ring (bicyclic) bond motifs is 5. The molecular formula is C51H29N5. The molecule has 1 aliphatic carbocycles. The van der Waals surface area contributed by atoms with Crippen LogP contribution in [0.15, 0.2) is 176 Å². The fraction of sp³-hybridized carbons (Fsp3) is 0. The molecule has 0 N–H and O–H groups in total. The quantitative estimate of drug-likeness (QED) is 0.178. The number of hydrogen-bond acceptors (Lipinski definition) is 5. The highest BCUT2D eigenvalue weighted by molar-refractivity contribution is 6.22. The van der Waals surface area contributed by atoms with Gasteiger partial charge in [-0.1, -0.05) is 121 Å². The van der Waals surface area contributed by atoms with Gasteiger partial charge in [0, 0.05) is 52.3 Å². The van der Waals surface area contributed by atoms with Gasteiger partial charge in [-0.2, -0.15) is 5.26 Å². The number of hydrogen-bond donors (Lipinski definition) is 0. The van der Waals surface area contributed by atoms with Gasteiger partial charge in [0.25, 0.3) is 0 Å². The van der Waals surface area contributed by atoms with E-state index in [2.05, 4.69) is 143 Å². The van der Waals surface area contributed by atoms with E-state index >= 15 is 0 Å². The third-order valence-corrected chi connectivity index (χ3v) is 11.1. The Kier molecular flexibility index (Phi) is 7.16. The summed E-state index contributed by atoms with van der Waals surface area (Å²) < 4.78 is 0. The molecule has 0 fully saturated rings. The van der Waals surface area contributed by atoms with E-state index in [1.807, 2.05) is 49.1 Å². The highest BCUT2D eigenvalue weighted by atomic mass is 14.9. The Morgan fingerprint density at radius 3 is 1.39 bits per heavy atom. The van der Waals surface area contributed by atoms with Crippen molar-refractivity contribution in [1.82, 2.24) is 19.9 Å². The molecule has 0 bridgehead atoms. The van der Waals surface area contributed by atoms with E-state index in [1.165, 1.54) is 33.0 Å². The Morgan fingerprint density at radius 1 is 0.393 bits per heavy atom. The molecule has 7 aromatic carbocycles. The van der Waals surface area contributed by atoms with Crippen LogP contribution >= 0.6 is 0 Å².